The Kier molecular flexibility index (Phi) is 21.8. The van der Waals surface area contributed by atoms with Gasteiger partial charge in [0.15, 0.2) is 5.13 Å². The molecular formula is C59H59N13O15S6. The highest BCUT2D eigenvalue weighted by molar-refractivity contribution is 7.16. The van der Waals surface area contributed by atoms with Crippen LogP contribution in [0.15, 0.2) is 64.0 Å². The van der Waals surface area contributed by atoms with Crippen molar-refractivity contribution in [3.05, 3.63) is 106 Å². The summed E-state index contributed by atoms with van der Waals surface area (Å²) in [5, 5.41) is 62.3. The number of aliphatic hydroxyl groups is 1. The first-order valence-electron chi connectivity index (χ1n) is 28.8. The number of aliphatic carboxylic acids is 3. The Bertz CT molecular complexity index is 4100. The number of nitrogens with one attached hydrogen (secondary N) is 5. The number of fused-ring (bicyclic) bond motifs is 14. The first kappa shape index (κ1) is 67.0. The molecule has 1 aromatic carbocycles. The van der Waals surface area contributed by atoms with Gasteiger partial charge in [-0.05, 0) is 69.6 Å². The van der Waals surface area contributed by atoms with Gasteiger partial charge in [-0.15, -0.1) is 56.7 Å². The second-order valence-electron chi connectivity index (χ2n) is 21.3. The minimum atomic E-state index is -1.33. The molecule has 10 rings (SSSR count). The molecule has 1 aliphatic carbocycles. The molecule has 7 aromatic heterocycles. The number of aliphatic hydroxyl groups excluding tert-OH is 1. The first-order valence-corrected chi connectivity index (χ1v) is 34.0. The van der Waals surface area contributed by atoms with Gasteiger partial charge in [-0.1, -0.05) is 41.7 Å². The van der Waals surface area contributed by atoms with E-state index in [1.165, 1.54) is 35.8 Å². The fourth-order valence-corrected chi connectivity index (χ4v) is 15.4. The zero-order valence-corrected chi connectivity index (χ0v) is 54.5. The Balaban J connectivity index is 1.02. The summed E-state index contributed by atoms with van der Waals surface area (Å²) in [6.45, 7) is 0.915. The largest absolute Gasteiger partial charge is 0.481 e. The number of rotatable bonds is 18. The molecule has 486 valence electrons. The molecular weight excluding hydrogens is 1320 g/mol. The minimum absolute atomic E-state index is 0.00853. The van der Waals surface area contributed by atoms with E-state index >= 15 is 0 Å². The number of aromatic nitrogens is 7. The number of hydrogen-bond donors (Lipinski definition) is 9. The van der Waals surface area contributed by atoms with Gasteiger partial charge >= 0.3 is 24.0 Å². The standard InChI is InChI=1S/C59H59N13O15S6/c1-27-43-50(80)71-58-70-45(38(93-58)22-86-3)49(79)61-21-41(74)68-46(47(77)28-8-5-4-6-9-28)55-66-37(25-90-55)53-64-35(23-89-53)44-32(51-65-36(24-88-51)48(78)63-34(20-40(73)60-2)54(69-43)92-27)16-17-33(62-44)52-67-39(26-91-52)72(19-7-10-29(56(81)82)13-18-42(75)76)59(85)87-31-14-11-30(12-15-31)57(83)84/h4-6,8-9,16-17,23-26,29-31,34,46-47,77H,7,10-15,18-22H2,1-3H3,(H,60,73)(H,61,79)(H,63,78)(H,68,74)(H,75,76)(H,81,82)(H,83,84)(H,70,71,80)/t29?,30-,31-,34-,46-,47-/m0/s1. The third kappa shape index (κ3) is 16.3. The van der Waals surface area contributed by atoms with Crippen LogP contribution in [-0.4, -0.2) is 142 Å². The highest BCUT2D eigenvalue weighted by Crippen LogP contribution is 2.41. The summed E-state index contributed by atoms with van der Waals surface area (Å²) in [7, 11) is 2.85. The third-order valence-electron chi connectivity index (χ3n) is 15.0. The van der Waals surface area contributed by atoms with Crippen molar-refractivity contribution in [2.24, 2.45) is 11.8 Å². The number of nitrogens with zero attached hydrogens (tertiary/aromatic N) is 8. The zero-order chi connectivity index (χ0) is 66.0. The normalized spacial score (nSPS) is 17.6. The van der Waals surface area contributed by atoms with E-state index in [1.807, 2.05) is 0 Å². The average Bonchev–Trinajstić information content (AvgIpc) is 1.78. The molecule has 0 spiro atoms. The van der Waals surface area contributed by atoms with E-state index < -0.39 is 96.2 Å². The Morgan fingerprint density at radius 2 is 1.44 bits per heavy atom. The van der Waals surface area contributed by atoms with Gasteiger partial charge < -0.3 is 51.2 Å². The molecule has 8 heterocycles. The van der Waals surface area contributed by atoms with Crippen LogP contribution in [0.4, 0.5) is 15.7 Å². The summed E-state index contributed by atoms with van der Waals surface area (Å²) >= 11 is 6.61. The van der Waals surface area contributed by atoms with Gasteiger partial charge in [-0.3, -0.25) is 48.6 Å². The maximum absolute atomic E-state index is 14.4. The summed E-state index contributed by atoms with van der Waals surface area (Å²) in [5.74, 6) is -8.01. The predicted octanol–water partition coefficient (Wildman–Crippen LogP) is 8.37. The number of benzene rings is 1. The van der Waals surface area contributed by atoms with Crippen LogP contribution in [0, 0.1) is 18.8 Å². The second-order valence-corrected chi connectivity index (χ2v) is 27.1. The van der Waals surface area contributed by atoms with Crippen molar-refractivity contribution in [1.29, 1.82) is 0 Å². The quantitative estimate of drug-likeness (QED) is 0.0389. The van der Waals surface area contributed by atoms with Crippen molar-refractivity contribution in [2.45, 2.75) is 95.6 Å². The van der Waals surface area contributed by atoms with Crippen molar-refractivity contribution >= 4 is 133 Å². The van der Waals surface area contributed by atoms with Crippen LogP contribution in [0.3, 0.4) is 0 Å². The lowest BCUT2D eigenvalue weighted by Crippen LogP contribution is -2.40. The first-order chi connectivity index (χ1) is 44.7. The number of carbonyl (C=O) groups excluding carboxylic acids is 6. The van der Waals surface area contributed by atoms with E-state index in [0.29, 0.717) is 78.7 Å². The Morgan fingerprint density at radius 1 is 0.720 bits per heavy atom. The van der Waals surface area contributed by atoms with Gasteiger partial charge in [0.1, 0.15) is 83.3 Å². The Labute approximate surface area is 553 Å². The Morgan fingerprint density at radius 3 is 2.17 bits per heavy atom. The summed E-state index contributed by atoms with van der Waals surface area (Å²) in [6, 6.07) is 9.78. The molecule has 6 amide bonds. The number of hydrogen-bond acceptors (Lipinski definition) is 25. The third-order valence-corrected chi connectivity index (χ3v) is 20.5. The molecule has 1 saturated carbocycles. The van der Waals surface area contributed by atoms with E-state index in [9.17, 15) is 63.6 Å². The molecule has 93 heavy (non-hydrogen) atoms. The van der Waals surface area contributed by atoms with Crippen molar-refractivity contribution in [2.75, 3.05) is 37.5 Å². The van der Waals surface area contributed by atoms with Crippen molar-refractivity contribution in [1.82, 2.24) is 56.2 Å². The van der Waals surface area contributed by atoms with Crippen molar-refractivity contribution in [3.63, 3.8) is 0 Å². The summed E-state index contributed by atoms with van der Waals surface area (Å²) in [6.07, 6.45) is -2.14. The molecule has 1 aliphatic heterocycles. The highest BCUT2D eigenvalue weighted by atomic mass is 32.1. The van der Waals surface area contributed by atoms with Crippen LogP contribution < -0.4 is 31.5 Å². The zero-order valence-electron chi connectivity index (χ0n) is 49.6. The van der Waals surface area contributed by atoms with Gasteiger partial charge in [0.05, 0.1) is 48.0 Å². The van der Waals surface area contributed by atoms with Crippen LogP contribution in [-0.2, 0) is 40.1 Å². The van der Waals surface area contributed by atoms with Crippen LogP contribution in [0.2, 0.25) is 0 Å². The van der Waals surface area contributed by atoms with Gasteiger partial charge in [-0.2, -0.15) is 0 Å². The number of aryl methyl sites for hydroxylation is 1. The molecule has 28 nitrogen and oxygen atoms in total. The SMILES string of the molecule is CNC(=O)C[C@@H]1NC(=O)c2csc(n2)-c2ccc(-c3nc(N(CCCC(CCC(=O)O)C(=O)O)C(=O)O[C@H]4CC[C@H](C(=O)O)CC4)cs3)nc2-c2csc(n2)-c2csc(n2)[C@H]([C@@H](O)c2ccccc2)NC(=O)CNC(=O)c2nc(sc2COC)NC(=O)c2nc1sc2C. The van der Waals surface area contributed by atoms with Gasteiger partial charge in [0.25, 0.3) is 17.7 Å². The number of thiazole rings is 6. The predicted molar refractivity (Wildman–Crippen MR) is 344 cm³/mol. The number of ether oxygens (including phenoxy) is 2. The highest BCUT2D eigenvalue weighted by Gasteiger charge is 2.34. The maximum Gasteiger partial charge on any atom is 0.415 e. The molecule has 10 bridgehead atoms. The molecule has 34 heteroatoms. The molecule has 1 fully saturated rings. The molecule has 8 aromatic rings. The van der Waals surface area contributed by atoms with Gasteiger partial charge in [0.2, 0.25) is 11.8 Å². The molecule has 1 unspecified atom stereocenters. The van der Waals surface area contributed by atoms with Crippen molar-refractivity contribution < 1.29 is 73.1 Å². The number of carboxylic acid groups (broad SMARTS) is 3. The van der Waals surface area contributed by atoms with E-state index in [-0.39, 0.29) is 89.0 Å². The second kappa shape index (κ2) is 30.2. The lowest BCUT2D eigenvalue weighted by atomic mass is 9.87. The number of carbonyl (C=O) groups is 9. The summed E-state index contributed by atoms with van der Waals surface area (Å²) in [5.41, 5.74) is 1.91. The van der Waals surface area contributed by atoms with Crippen molar-refractivity contribution in [3.8, 4) is 43.4 Å². The van der Waals surface area contributed by atoms with Gasteiger partial charge in [-0.25, -0.2) is 39.7 Å². The van der Waals surface area contributed by atoms with Crippen LogP contribution in [0.1, 0.15) is 133 Å². The Hall–Kier alpha value is -8.90. The van der Waals surface area contributed by atoms with E-state index in [2.05, 4.69) is 36.6 Å². The van der Waals surface area contributed by atoms with E-state index in [0.717, 1.165) is 56.7 Å². The van der Waals surface area contributed by atoms with E-state index in [4.69, 9.17) is 34.4 Å². The van der Waals surface area contributed by atoms with Crippen LogP contribution in [0.5, 0.6) is 0 Å². The van der Waals surface area contributed by atoms with Crippen LogP contribution >= 0.6 is 68.0 Å². The number of anilines is 2. The van der Waals surface area contributed by atoms with Crippen LogP contribution in [0.25, 0.3) is 43.4 Å². The number of amides is 6. The summed E-state index contributed by atoms with van der Waals surface area (Å²) < 4.78 is 11.3. The summed E-state index contributed by atoms with van der Waals surface area (Å²) in [4.78, 5) is 154. The number of carboxylic acids is 3. The molecule has 9 N–H and O–H groups in total. The topological polar surface area (TPSA) is 407 Å². The molecule has 4 atom stereocenters. The van der Waals surface area contributed by atoms with E-state index in [1.54, 1.807) is 65.5 Å². The smallest absolute Gasteiger partial charge is 0.415 e. The minimum Gasteiger partial charge on any atom is -0.481 e. The monoisotopic (exact) mass is 1380 g/mol. The lowest BCUT2D eigenvalue weighted by molar-refractivity contribution is -0.144. The number of pyridine rings is 1. The number of methoxy groups -OCH3 is 1. The lowest BCUT2D eigenvalue weighted by Gasteiger charge is -2.28. The fraction of sp³-hybridized carbons (Fsp3) is 0.356. The molecule has 2 aliphatic rings. The molecule has 0 saturated heterocycles. The maximum atomic E-state index is 14.4. The fourth-order valence-electron chi connectivity index (χ4n) is 10.2. The average molecular weight is 1380 g/mol. The molecule has 0 radical (unpaired) electrons. The van der Waals surface area contributed by atoms with Gasteiger partial charge in [0, 0.05) is 59.1 Å².